The molecule has 0 saturated heterocycles. The monoisotopic (exact) mass is 425 g/mol. The van der Waals surface area contributed by atoms with Crippen molar-refractivity contribution >= 4 is 11.5 Å². The topological polar surface area (TPSA) is 111 Å². The number of ether oxygens (including phenoxy) is 1. The fourth-order valence-corrected chi connectivity index (χ4v) is 5.27. The summed E-state index contributed by atoms with van der Waals surface area (Å²) in [7, 11) is 0. The number of benzene rings is 1. The molecular weight excluding hydrogens is 390 g/mol. The fraction of sp³-hybridized carbons (Fsp3) is 0.583. The molecule has 4 rings (SSSR count). The molecule has 1 heterocycles. The summed E-state index contributed by atoms with van der Waals surface area (Å²) in [6, 6.07) is 4.09. The highest BCUT2D eigenvalue weighted by atomic mass is 16.5. The number of hydrogen-bond acceptors (Lipinski definition) is 7. The number of nitrogens with zero attached hydrogens (tertiary/aromatic N) is 3. The smallest absolute Gasteiger partial charge is 0.158 e. The van der Waals surface area contributed by atoms with Crippen molar-refractivity contribution in [1.82, 2.24) is 9.97 Å². The lowest BCUT2D eigenvalue weighted by atomic mass is 9.71. The number of fused-ring (bicyclic) bond motifs is 3. The molecule has 0 unspecified atom stereocenters. The minimum atomic E-state index is -0.644. The van der Waals surface area contributed by atoms with Crippen molar-refractivity contribution in [3.63, 3.8) is 0 Å². The Kier molecular flexibility index (Phi) is 5.83. The fourth-order valence-electron chi connectivity index (χ4n) is 5.27. The SMILES string of the molecule is CCN(CCO)c1c(OC2(N)CCCCC2)ccc2c1CC(C)(C)c1c(N)ncnc1-2. The van der Waals surface area contributed by atoms with Gasteiger partial charge in [0.15, 0.2) is 5.72 Å². The van der Waals surface area contributed by atoms with E-state index in [0.717, 1.165) is 66.9 Å². The van der Waals surface area contributed by atoms with Crippen LogP contribution in [0.1, 0.15) is 64.0 Å². The maximum atomic E-state index is 9.75. The van der Waals surface area contributed by atoms with Gasteiger partial charge < -0.3 is 20.5 Å². The van der Waals surface area contributed by atoms with Gasteiger partial charge in [0.25, 0.3) is 0 Å². The van der Waals surface area contributed by atoms with E-state index in [1.165, 1.54) is 18.3 Å². The molecule has 0 bridgehead atoms. The molecule has 2 aromatic rings. The van der Waals surface area contributed by atoms with E-state index in [2.05, 4.69) is 41.7 Å². The normalized spacial score (nSPS) is 18.7. The van der Waals surface area contributed by atoms with Gasteiger partial charge in [-0.1, -0.05) is 20.3 Å². The van der Waals surface area contributed by atoms with E-state index in [0.29, 0.717) is 12.4 Å². The third-order valence-corrected chi connectivity index (χ3v) is 6.75. The van der Waals surface area contributed by atoms with Crippen LogP contribution in [0.5, 0.6) is 5.75 Å². The number of aliphatic hydroxyl groups excluding tert-OH is 1. The third-order valence-electron chi connectivity index (χ3n) is 6.75. The second kappa shape index (κ2) is 8.28. The third kappa shape index (κ3) is 3.96. The van der Waals surface area contributed by atoms with Crippen LogP contribution < -0.4 is 21.1 Å². The van der Waals surface area contributed by atoms with E-state index in [-0.39, 0.29) is 12.0 Å². The highest BCUT2D eigenvalue weighted by molar-refractivity contribution is 5.83. The lowest BCUT2D eigenvalue weighted by Gasteiger charge is -2.40. The van der Waals surface area contributed by atoms with Crippen LogP contribution in [-0.2, 0) is 11.8 Å². The van der Waals surface area contributed by atoms with Gasteiger partial charge in [0, 0.05) is 37.1 Å². The molecule has 1 aromatic heterocycles. The van der Waals surface area contributed by atoms with Crippen molar-refractivity contribution in [2.75, 3.05) is 30.3 Å². The van der Waals surface area contributed by atoms with Crippen LogP contribution in [0.15, 0.2) is 18.5 Å². The molecule has 2 aliphatic carbocycles. The molecule has 1 saturated carbocycles. The maximum Gasteiger partial charge on any atom is 0.158 e. The van der Waals surface area contributed by atoms with Gasteiger partial charge in [0.05, 0.1) is 18.0 Å². The molecule has 0 atom stereocenters. The predicted octanol–water partition coefficient (Wildman–Crippen LogP) is 3.38. The Hall–Kier alpha value is -2.38. The second-order valence-electron chi connectivity index (χ2n) is 9.51. The van der Waals surface area contributed by atoms with Crippen molar-refractivity contribution in [3.8, 4) is 17.0 Å². The minimum absolute atomic E-state index is 0.0693. The van der Waals surface area contributed by atoms with Gasteiger partial charge in [-0.05, 0) is 49.3 Å². The molecular formula is C24H35N5O2. The predicted molar refractivity (Wildman–Crippen MR) is 124 cm³/mol. The molecule has 0 amide bonds. The van der Waals surface area contributed by atoms with E-state index < -0.39 is 5.72 Å². The Labute approximate surface area is 184 Å². The van der Waals surface area contributed by atoms with Crippen molar-refractivity contribution in [1.29, 1.82) is 0 Å². The zero-order valence-electron chi connectivity index (χ0n) is 18.9. The van der Waals surface area contributed by atoms with E-state index in [4.69, 9.17) is 16.2 Å². The molecule has 7 heteroatoms. The first-order valence-electron chi connectivity index (χ1n) is 11.4. The van der Waals surface area contributed by atoms with Gasteiger partial charge in [-0.15, -0.1) is 0 Å². The number of aliphatic hydroxyl groups is 1. The summed E-state index contributed by atoms with van der Waals surface area (Å²) in [6.07, 6.45) is 7.39. The lowest BCUT2D eigenvalue weighted by Crippen LogP contribution is -2.47. The molecule has 31 heavy (non-hydrogen) atoms. The summed E-state index contributed by atoms with van der Waals surface area (Å²) >= 11 is 0. The van der Waals surface area contributed by atoms with Gasteiger partial charge in [-0.25, -0.2) is 9.97 Å². The van der Waals surface area contributed by atoms with Crippen LogP contribution in [-0.4, -0.2) is 40.5 Å². The quantitative estimate of drug-likeness (QED) is 0.609. The molecule has 1 aromatic carbocycles. The van der Waals surface area contributed by atoms with Crippen LogP contribution in [0, 0.1) is 0 Å². The van der Waals surface area contributed by atoms with Crippen LogP contribution in [0.3, 0.4) is 0 Å². The number of nitrogens with two attached hydrogens (primary N) is 2. The molecule has 1 fully saturated rings. The lowest BCUT2D eigenvalue weighted by molar-refractivity contribution is 0.0368. The Bertz CT molecular complexity index is 953. The molecule has 168 valence electrons. The first-order chi connectivity index (χ1) is 14.8. The van der Waals surface area contributed by atoms with E-state index in [9.17, 15) is 5.11 Å². The average Bonchev–Trinajstić information content (AvgIpc) is 2.72. The molecule has 0 aliphatic heterocycles. The number of anilines is 2. The summed E-state index contributed by atoms with van der Waals surface area (Å²) in [6.45, 7) is 7.81. The molecule has 0 spiro atoms. The van der Waals surface area contributed by atoms with Crippen molar-refractivity contribution in [3.05, 3.63) is 29.6 Å². The van der Waals surface area contributed by atoms with Gasteiger partial charge in [0.1, 0.15) is 17.9 Å². The zero-order valence-corrected chi connectivity index (χ0v) is 18.9. The molecule has 2 aliphatic rings. The second-order valence-corrected chi connectivity index (χ2v) is 9.51. The summed E-state index contributed by atoms with van der Waals surface area (Å²) in [5.74, 6) is 1.33. The van der Waals surface area contributed by atoms with Crippen LogP contribution in [0.2, 0.25) is 0 Å². The summed E-state index contributed by atoms with van der Waals surface area (Å²) in [5.41, 5.74) is 17.2. The largest absolute Gasteiger partial charge is 0.471 e. The minimum Gasteiger partial charge on any atom is -0.471 e. The number of likely N-dealkylation sites (N-methyl/N-ethyl adjacent to an activating group) is 1. The summed E-state index contributed by atoms with van der Waals surface area (Å²) < 4.78 is 6.55. The number of rotatable bonds is 6. The van der Waals surface area contributed by atoms with Crippen molar-refractivity contribution in [2.45, 2.75) is 70.4 Å². The Morgan fingerprint density at radius 1 is 1.16 bits per heavy atom. The van der Waals surface area contributed by atoms with Crippen LogP contribution in [0.4, 0.5) is 11.5 Å². The molecule has 7 nitrogen and oxygen atoms in total. The Balaban J connectivity index is 1.90. The standard InChI is InChI=1S/C24H35N5O2/c1-4-29(12-13-30)21-17-14-23(2,3)19-20(27-15-28-22(19)25)16(17)8-9-18(21)31-24(26)10-6-5-7-11-24/h8-9,15,30H,4-7,10-14,26H2,1-3H3,(H2,25,27,28). The first-order valence-corrected chi connectivity index (χ1v) is 11.4. The highest BCUT2D eigenvalue weighted by Gasteiger charge is 2.38. The summed E-state index contributed by atoms with van der Waals surface area (Å²) in [4.78, 5) is 11.1. The zero-order chi connectivity index (χ0) is 22.2. The maximum absolute atomic E-state index is 9.75. The van der Waals surface area contributed by atoms with Gasteiger partial charge in [-0.3, -0.25) is 5.73 Å². The first kappa shape index (κ1) is 21.8. The van der Waals surface area contributed by atoms with E-state index in [1.54, 1.807) is 0 Å². The molecule has 5 N–H and O–H groups in total. The van der Waals surface area contributed by atoms with E-state index in [1.807, 2.05) is 6.07 Å². The highest BCUT2D eigenvalue weighted by Crippen LogP contribution is 2.50. The van der Waals surface area contributed by atoms with Gasteiger partial charge in [0.2, 0.25) is 0 Å². The Morgan fingerprint density at radius 2 is 1.90 bits per heavy atom. The van der Waals surface area contributed by atoms with Crippen LogP contribution in [0.25, 0.3) is 11.3 Å². The number of nitrogen functional groups attached to an aromatic ring is 1. The average molecular weight is 426 g/mol. The van der Waals surface area contributed by atoms with E-state index >= 15 is 0 Å². The Morgan fingerprint density at radius 3 is 2.58 bits per heavy atom. The number of aromatic nitrogens is 2. The number of hydrogen-bond donors (Lipinski definition) is 3. The van der Waals surface area contributed by atoms with Crippen molar-refractivity contribution in [2.24, 2.45) is 5.73 Å². The van der Waals surface area contributed by atoms with Gasteiger partial charge >= 0.3 is 0 Å². The summed E-state index contributed by atoms with van der Waals surface area (Å²) in [5, 5.41) is 9.75. The van der Waals surface area contributed by atoms with Crippen molar-refractivity contribution < 1.29 is 9.84 Å². The van der Waals surface area contributed by atoms with Gasteiger partial charge in [-0.2, -0.15) is 0 Å². The molecule has 0 radical (unpaired) electrons. The van der Waals surface area contributed by atoms with Crippen LogP contribution >= 0.6 is 0 Å².